The van der Waals surface area contributed by atoms with Crippen molar-refractivity contribution in [3.63, 3.8) is 0 Å². The zero-order valence-corrected chi connectivity index (χ0v) is 19.7. The summed E-state index contributed by atoms with van der Waals surface area (Å²) in [6.45, 7) is 2.24. The van der Waals surface area contributed by atoms with Crippen LogP contribution in [0.2, 0.25) is 0 Å². The van der Waals surface area contributed by atoms with E-state index in [0.717, 1.165) is 57.5 Å². The molecule has 0 spiro atoms. The van der Waals surface area contributed by atoms with E-state index in [4.69, 9.17) is 10.5 Å². The van der Waals surface area contributed by atoms with E-state index in [1.165, 1.54) is 31.7 Å². The van der Waals surface area contributed by atoms with Crippen LogP contribution in [0.5, 0.6) is 0 Å². The second-order valence-corrected chi connectivity index (χ2v) is 10.1. The zero-order valence-electron chi connectivity index (χ0n) is 19.7. The number of benzene rings is 1. The molecule has 0 radical (unpaired) electrons. The Bertz CT molecular complexity index is 1050. The Morgan fingerprint density at radius 3 is 2.54 bits per heavy atom. The van der Waals surface area contributed by atoms with Gasteiger partial charge in [-0.2, -0.15) is 13.2 Å². The summed E-state index contributed by atoms with van der Waals surface area (Å²) in [5, 5.41) is 0.273. The molecular weight excluding hydrogens is 459 g/mol. The van der Waals surface area contributed by atoms with Crippen LogP contribution in [0, 0.1) is 5.92 Å². The van der Waals surface area contributed by atoms with E-state index in [-0.39, 0.29) is 18.0 Å². The van der Waals surface area contributed by atoms with Gasteiger partial charge in [0.05, 0.1) is 29.8 Å². The Labute approximate surface area is 202 Å². The molecule has 190 valence electrons. The molecular formula is C25H32F3N5O2. The van der Waals surface area contributed by atoms with E-state index in [1.807, 2.05) is 0 Å². The highest BCUT2D eigenvalue weighted by molar-refractivity contribution is 5.92. The molecule has 2 aromatic rings. The lowest BCUT2D eigenvalue weighted by Gasteiger charge is -2.51. The van der Waals surface area contributed by atoms with E-state index in [1.54, 1.807) is 4.90 Å². The number of fused-ring (bicyclic) bond motifs is 1. The lowest BCUT2D eigenvalue weighted by Crippen LogP contribution is -2.64. The third kappa shape index (κ3) is 5.23. The van der Waals surface area contributed by atoms with Gasteiger partial charge in [0.2, 0.25) is 5.91 Å². The first kappa shape index (κ1) is 24.2. The molecule has 1 aliphatic carbocycles. The molecule has 3 heterocycles. The Morgan fingerprint density at radius 2 is 1.89 bits per heavy atom. The lowest BCUT2D eigenvalue weighted by molar-refractivity contribution is -0.137. The van der Waals surface area contributed by atoms with Crippen molar-refractivity contribution >= 4 is 22.6 Å². The number of nitrogens with zero attached hydrogens (tertiary/aromatic N) is 4. The number of hydrogen-bond donors (Lipinski definition) is 1. The van der Waals surface area contributed by atoms with Crippen molar-refractivity contribution in [2.45, 2.75) is 69.3 Å². The number of alkyl halides is 3. The lowest BCUT2D eigenvalue weighted by atomic mass is 9.79. The Morgan fingerprint density at radius 1 is 1.11 bits per heavy atom. The number of carbonyl (C=O) groups excluding carboxylic acids is 1. The largest absolute Gasteiger partial charge is 0.416 e. The molecule has 7 nitrogen and oxygen atoms in total. The fourth-order valence-corrected chi connectivity index (χ4v) is 5.95. The fourth-order valence-electron chi connectivity index (χ4n) is 5.95. The van der Waals surface area contributed by atoms with Crippen molar-refractivity contribution in [1.29, 1.82) is 0 Å². The molecule has 1 saturated carbocycles. The van der Waals surface area contributed by atoms with Gasteiger partial charge < -0.3 is 15.4 Å². The van der Waals surface area contributed by atoms with Gasteiger partial charge >= 0.3 is 6.18 Å². The Balaban J connectivity index is 1.28. The van der Waals surface area contributed by atoms with Gasteiger partial charge in [-0.25, -0.2) is 9.97 Å². The van der Waals surface area contributed by atoms with Crippen LogP contribution >= 0.6 is 0 Å². The number of carbonyl (C=O) groups is 1. The first-order chi connectivity index (χ1) is 16.8. The molecule has 1 aromatic heterocycles. The summed E-state index contributed by atoms with van der Waals surface area (Å²) in [4.78, 5) is 24.5. The number of aromatic nitrogens is 2. The number of nitrogens with two attached hydrogens (primary N) is 1. The molecule has 3 aliphatic rings. The second kappa shape index (κ2) is 9.89. The summed E-state index contributed by atoms with van der Waals surface area (Å²) in [5.41, 5.74) is 5.16. The van der Waals surface area contributed by atoms with Gasteiger partial charge in [-0.3, -0.25) is 9.69 Å². The van der Waals surface area contributed by atoms with Crippen LogP contribution < -0.4 is 10.6 Å². The molecule has 10 heteroatoms. The highest BCUT2D eigenvalue weighted by Gasteiger charge is 2.40. The summed E-state index contributed by atoms with van der Waals surface area (Å²) in [6.07, 6.45) is 5.43. The number of anilines is 1. The molecule has 1 amide bonds. The summed E-state index contributed by atoms with van der Waals surface area (Å²) < 4.78 is 46.1. The summed E-state index contributed by atoms with van der Waals surface area (Å²) in [5.74, 6) is 0.420. The maximum Gasteiger partial charge on any atom is 0.416 e. The minimum absolute atomic E-state index is 0.0467. The minimum atomic E-state index is -4.48. The number of likely N-dealkylation sites (tertiary alicyclic amines) is 1. The van der Waals surface area contributed by atoms with Crippen LogP contribution in [0.15, 0.2) is 24.5 Å². The molecule has 2 N–H and O–H groups in total. The fraction of sp³-hybridized carbons (Fsp3) is 0.640. The quantitative estimate of drug-likeness (QED) is 0.663. The molecule has 0 bridgehead atoms. The van der Waals surface area contributed by atoms with Crippen molar-refractivity contribution in [3.05, 3.63) is 30.1 Å². The third-order valence-corrected chi connectivity index (χ3v) is 7.87. The van der Waals surface area contributed by atoms with Gasteiger partial charge in [-0.1, -0.05) is 0 Å². The molecule has 5 rings (SSSR count). The van der Waals surface area contributed by atoms with E-state index in [0.29, 0.717) is 29.4 Å². The summed E-state index contributed by atoms with van der Waals surface area (Å²) >= 11 is 0. The van der Waals surface area contributed by atoms with Crippen LogP contribution in [0.3, 0.4) is 0 Å². The topological polar surface area (TPSA) is 84.6 Å². The third-order valence-electron chi connectivity index (χ3n) is 7.87. The standard InChI is InChI=1S/C25H32F3N5O2/c26-25(27,28)17-6-9-21-20(11-17)24(31-15-30-21)33(14-23(29)34)19-12-32(13-19)18-7-4-16(5-8-18)22-3-1-2-10-35-22/h6,9,11,15-16,18-19,22H,1-5,7-8,10,12-14H2,(H2,29,34). The van der Waals surface area contributed by atoms with Gasteiger partial charge in [-0.05, 0) is 69.1 Å². The van der Waals surface area contributed by atoms with Crippen LogP contribution in [0.4, 0.5) is 19.0 Å². The average molecular weight is 492 g/mol. The van der Waals surface area contributed by atoms with E-state index >= 15 is 0 Å². The first-order valence-corrected chi connectivity index (χ1v) is 12.5. The van der Waals surface area contributed by atoms with Crippen molar-refractivity contribution in [3.8, 4) is 0 Å². The van der Waals surface area contributed by atoms with Crippen molar-refractivity contribution < 1.29 is 22.7 Å². The number of rotatable bonds is 6. The molecule has 2 saturated heterocycles. The van der Waals surface area contributed by atoms with Gasteiger partial charge in [0.25, 0.3) is 0 Å². The highest BCUT2D eigenvalue weighted by atomic mass is 19.4. The van der Waals surface area contributed by atoms with Crippen molar-refractivity contribution in [1.82, 2.24) is 14.9 Å². The van der Waals surface area contributed by atoms with Gasteiger partial charge in [0.15, 0.2) is 0 Å². The average Bonchev–Trinajstić information content (AvgIpc) is 2.82. The van der Waals surface area contributed by atoms with Gasteiger partial charge in [0, 0.05) is 31.1 Å². The van der Waals surface area contributed by atoms with Crippen LogP contribution in [0.25, 0.3) is 10.9 Å². The number of primary amides is 1. The maximum absolute atomic E-state index is 13.4. The molecule has 2 aliphatic heterocycles. The predicted molar refractivity (Wildman–Crippen MR) is 126 cm³/mol. The Kier molecular flexibility index (Phi) is 6.85. The van der Waals surface area contributed by atoms with Crippen LogP contribution in [-0.4, -0.2) is 65.2 Å². The molecule has 1 atom stereocenters. The Hall–Kier alpha value is -2.46. The molecule has 35 heavy (non-hydrogen) atoms. The molecule has 1 aromatic carbocycles. The number of ether oxygens (including phenoxy) is 1. The predicted octanol–water partition coefficient (Wildman–Crippen LogP) is 3.75. The van der Waals surface area contributed by atoms with Gasteiger partial charge in [0.1, 0.15) is 12.1 Å². The normalized spacial score (nSPS) is 26.4. The zero-order chi connectivity index (χ0) is 24.6. The highest BCUT2D eigenvalue weighted by Crippen LogP contribution is 2.38. The maximum atomic E-state index is 13.4. The van der Waals surface area contributed by atoms with Crippen LogP contribution in [-0.2, 0) is 15.7 Å². The molecule has 1 unspecified atom stereocenters. The number of halogens is 3. The smallest absolute Gasteiger partial charge is 0.378 e. The number of amides is 1. The van der Waals surface area contributed by atoms with E-state index in [9.17, 15) is 18.0 Å². The van der Waals surface area contributed by atoms with E-state index in [2.05, 4.69) is 14.9 Å². The molecule has 3 fully saturated rings. The van der Waals surface area contributed by atoms with Crippen molar-refractivity contribution in [2.75, 3.05) is 31.1 Å². The first-order valence-electron chi connectivity index (χ1n) is 12.5. The monoisotopic (exact) mass is 491 g/mol. The van der Waals surface area contributed by atoms with Crippen LogP contribution in [0.1, 0.15) is 50.5 Å². The second-order valence-electron chi connectivity index (χ2n) is 10.1. The van der Waals surface area contributed by atoms with Crippen molar-refractivity contribution in [2.24, 2.45) is 11.7 Å². The van der Waals surface area contributed by atoms with E-state index < -0.39 is 17.6 Å². The SMILES string of the molecule is NC(=O)CN(c1ncnc2ccc(C(F)(F)F)cc12)C1CN(C2CCC(C3CCCCO3)CC2)C1. The summed E-state index contributed by atoms with van der Waals surface area (Å²) in [7, 11) is 0. The number of hydrogen-bond acceptors (Lipinski definition) is 6. The van der Waals surface area contributed by atoms with Gasteiger partial charge in [-0.15, -0.1) is 0 Å². The summed E-state index contributed by atoms with van der Waals surface area (Å²) in [6, 6.07) is 3.85. The minimum Gasteiger partial charge on any atom is -0.378 e.